The van der Waals surface area contributed by atoms with Gasteiger partial charge < -0.3 is 10.6 Å². The van der Waals surface area contributed by atoms with Gasteiger partial charge in [-0.2, -0.15) is 0 Å². The van der Waals surface area contributed by atoms with Crippen molar-refractivity contribution in [2.45, 2.75) is 20.3 Å². The standard InChI is InChI=1S/C13H19FN2/c1-9(2)6-10-7-15-12-5-3-4-11(14)13(12)16-8-10/h3-5,9-10,15-16H,6-8H2,1-2H3. The highest BCUT2D eigenvalue weighted by Gasteiger charge is 2.17. The fourth-order valence-corrected chi connectivity index (χ4v) is 2.26. The van der Waals surface area contributed by atoms with Crippen molar-refractivity contribution in [2.75, 3.05) is 23.7 Å². The molecule has 1 aromatic rings. The van der Waals surface area contributed by atoms with Crippen molar-refractivity contribution < 1.29 is 4.39 Å². The summed E-state index contributed by atoms with van der Waals surface area (Å²) in [6.45, 7) is 6.21. The summed E-state index contributed by atoms with van der Waals surface area (Å²) in [6, 6.07) is 5.16. The van der Waals surface area contributed by atoms with Crippen molar-refractivity contribution in [3.8, 4) is 0 Å². The zero-order valence-electron chi connectivity index (χ0n) is 9.89. The maximum atomic E-state index is 13.5. The zero-order chi connectivity index (χ0) is 11.5. The van der Waals surface area contributed by atoms with E-state index in [1.54, 1.807) is 6.07 Å². The number of halogens is 1. The minimum Gasteiger partial charge on any atom is -0.383 e. The van der Waals surface area contributed by atoms with Crippen molar-refractivity contribution in [3.63, 3.8) is 0 Å². The van der Waals surface area contributed by atoms with E-state index in [0.29, 0.717) is 17.5 Å². The van der Waals surface area contributed by atoms with Gasteiger partial charge in [0.1, 0.15) is 5.82 Å². The molecule has 16 heavy (non-hydrogen) atoms. The smallest absolute Gasteiger partial charge is 0.148 e. The third kappa shape index (κ3) is 2.46. The predicted octanol–water partition coefficient (Wildman–Crippen LogP) is 3.33. The second-order valence-electron chi connectivity index (χ2n) is 4.92. The van der Waals surface area contributed by atoms with Gasteiger partial charge in [0.05, 0.1) is 11.4 Å². The van der Waals surface area contributed by atoms with E-state index in [-0.39, 0.29) is 5.82 Å². The third-order valence-electron chi connectivity index (χ3n) is 2.97. The first-order chi connectivity index (χ1) is 7.66. The Hall–Kier alpha value is -1.25. The number of rotatable bonds is 2. The Morgan fingerprint density at radius 1 is 1.31 bits per heavy atom. The SMILES string of the molecule is CC(C)CC1CNc2cccc(F)c2NC1. The van der Waals surface area contributed by atoms with Crippen LogP contribution in [0.5, 0.6) is 0 Å². The van der Waals surface area contributed by atoms with E-state index in [0.717, 1.165) is 25.2 Å². The van der Waals surface area contributed by atoms with Crippen LogP contribution in [0.2, 0.25) is 0 Å². The molecule has 0 aliphatic carbocycles. The summed E-state index contributed by atoms with van der Waals surface area (Å²) in [5, 5.41) is 6.53. The first-order valence-corrected chi connectivity index (χ1v) is 5.93. The van der Waals surface area contributed by atoms with Gasteiger partial charge in [-0.1, -0.05) is 19.9 Å². The monoisotopic (exact) mass is 222 g/mol. The van der Waals surface area contributed by atoms with E-state index in [1.807, 2.05) is 6.07 Å². The summed E-state index contributed by atoms with van der Waals surface area (Å²) in [5.74, 6) is 1.07. The number of anilines is 2. The van der Waals surface area contributed by atoms with Gasteiger partial charge in [0.25, 0.3) is 0 Å². The van der Waals surface area contributed by atoms with Crippen molar-refractivity contribution in [1.29, 1.82) is 0 Å². The van der Waals surface area contributed by atoms with Crippen LogP contribution in [0.1, 0.15) is 20.3 Å². The van der Waals surface area contributed by atoms with Crippen molar-refractivity contribution in [2.24, 2.45) is 11.8 Å². The molecule has 0 saturated heterocycles. The van der Waals surface area contributed by atoms with E-state index >= 15 is 0 Å². The van der Waals surface area contributed by atoms with Crippen LogP contribution in [0, 0.1) is 17.7 Å². The lowest BCUT2D eigenvalue weighted by Crippen LogP contribution is -2.20. The van der Waals surface area contributed by atoms with E-state index in [4.69, 9.17) is 0 Å². The molecule has 3 heteroatoms. The van der Waals surface area contributed by atoms with Crippen molar-refractivity contribution >= 4 is 11.4 Å². The Balaban J connectivity index is 2.10. The Kier molecular flexibility index (Phi) is 3.32. The molecule has 0 aromatic heterocycles. The average molecular weight is 222 g/mol. The second-order valence-corrected chi connectivity index (χ2v) is 4.92. The Morgan fingerprint density at radius 2 is 2.06 bits per heavy atom. The Labute approximate surface area is 96.2 Å². The van der Waals surface area contributed by atoms with E-state index in [1.165, 1.54) is 6.07 Å². The van der Waals surface area contributed by atoms with Gasteiger partial charge in [-0.25, -0.2) is 4.39 Å². The van der Waals surface area contributed by atoms with Crippen molar-refractivity contribution in [1.82, 2.24) is 0 Å². The molecule has 0 amide bonds. The number of fused-ring (bicyclic) bond motifs is 1. The van der Waals surface area contributed by atoms with Crippen LogP contribution in [0.4, 0.5) is 15.8 Å². The topological polar surface area (TPSA) is 24.1 Å². The lowest BCUT2D eigenvalue weighted by molar-refractivity contribution is 0.443. The largest absolute Gasteiger partial charge is 0.383 e. The minimum atomic E-state index is -0.171. The Bertz CT molecular complexity index is 363. The maximum Gasteiger partial charge on any atom is 0.148 e. The van der Waals surface area contributed by atoms with Crippen LogP contribution >= 0.6 is 0 Å². The molecule has 0 fully saturated rings. The van der Waals surface area contributed by atoms with Gasteiger partial charge >= 0.3 is 0 Å². The van der Waals surface area contributed by atoms with Gasteiger partial charge in [-0.05, 0) is 30.4 Å². The predicted molar refractivity (Wildman–Crippen MR) is 66.3 cm³/mol. The quantitative estimate of drug-likeness (QED) is 0.802. The van der Waals surface area contributed by atoms with Crippen LogP contribution < -0.4 is 10.6 Å². The highest BCUT2D eigenvalue weighted by molar-refractivity contribution is 5.70. The molecule has 0 spiro atoms. The normalized spacial score (nSPS) is 19.6. The lowest BCUT2D eigenvalue weighted by Gasteiger charge is -2.16. The number of benzene rings is 1. The minimum absolute atomic E-state index is 0.171. The van der Waals surface area contributed by atoms with Crippen molar-refractivity contribution in [3.05, 3.63) is 24.0 Å². The molecule has 2 rings (SSSR count). The van der Waals surface area contributed by atoms with Gasteiger partial charge in [-0.15, -0.1) is 0 Å². The molecular formula is C13H19FN2. The molecule has 1 unspecified atom stereocenters. The summed E-state index contributed by atoms with van der Waals surface area (Å²) in [6.07, 6.45) is 1.16. The summed E-state index contributed by atoms with van der Waals surface area (Å²) in [4.78, 5) is 0. The number of hydrogen-bond acceptors (Lipinski definition) is 2. The molecule has 0 bridgehead atoms. The molecule has 1 aliphatic rings. The first-order valence-electron chi connectivity index (χ1n) is 5.93. The molecule has 1 aliphatic heterocycles. The molecule has 88 valence electrons. The van der Waals surface area contributed by atoms with Crippen LogP contribution in [-0.2, 0) is 0 Å². The Morgan fingerprint density at radius 3 is 2.81 bits per heavy atom. The van der Waals surface area contributed by atoms with Crippen LogP contribution in [0.15, 0.2) is 18.2 Å². The lowest BCUT2D eigenvalue weighted by atomic mass is 9.97. The number of para-hydroxylation sites is 1. The van der Waals surface area contributed by atoms with E-state index in [2.05, 4.69) is 24.5 Å². The van der Waals surface area contributed by atoms with Gasteiger partial charge in [0, 0.05) is 13.1 Å². The highest BCUT2D eigenvalue weighted by atomic mass is 19.1. The van der Waals surface area contributed by atoms with Gasteiger partial charge in [-0.3, -0.25) is 0 Å². The van der Waals surface area contributed by atoms with Crippen LogP contribution in [-0.4, -0.2) is 13.1 Å². The number of hydrogen-bond donors (Lipinski definition) is 2. The summed E-state index contributed by atoms with van der Waals surface area (Å²) < 4.78 is 13.5. The average Bonchev–Trinajstić information content (AvgIpc) is 2.42. The van der Waals surface area contributed by atoms with Crippen LogP contribution in [0.3, 0.4) is 0 Å². The van der Waals surface area contributed by atoms with Gasteiger partial charge in [0.2, 0.25) is 0 Å². The highest BCUT2D eigenvalue weighted by Crippen LogP contribution is 2.28. The molecule has 2 nitrogen and oxygen atoms in total. The first kappa shape index (κ1) is 11.2. The molecule has 1 aromatic carbocycles. The summed E-state index contributed by atoms with van der Waals surface area (Å²) in [5.41, 5.74) is 1.50. The van der Waals surface area contributed by atoms with E-state index < -0.39 is 0 Å². The fraction of sp³-hybridized carbons (Fsp3) is 0.538. The number of nitrogens with one attached hydrogen (secondary N) is 2. The summed E-state index contributed by atoms with van der Waals surface area (Å²) in [7, 11) is 0. The third-order valence-corrected chi connectivity index (χ3v) is 2.97. The second kappa shape index (κ2) is 4.73. The molecule has 0 saturated carbocycles. The molecule has 1 atom stereocenters. The molecule has 0 radical (unpaired) electrons. The molecule has 2 N–H and O–H groups in total. The summed E-state index contributed by atoms with van der Waals surface area (Å²) >= 11 is 0. The van der Waals surface area contributed by atoms with Crippen LogP contribution in [0.25, 0.3) is 0 Å². The van der Waals surface area contributed by atoms with E-state index in [9.17, 15) is 4.39 Å². The maximum absolute atomic E-state index is 13.5. The molecular weight excluding hydrogens is 203 g/mol. The fourth-order valence-electron chi connectivity index (χ4n) is 2.26. The zero-order valence-corrected chi connectivity index (χ0v) is 9.89. The van der Waals surface area contributed by atoms with Gasteiger partial charge in [0.15, 0.2) is 0 Å². The molecule has 1 heterocycles.